The lowest BCUT2D eigenvalue weighted by molar-refractivity contribution is 0.745. The van der Waals surface area contributed by atoms with Gasteiger partial charge in [-0.3, -0.25) is 0 Å². The van der Waals surface area contributed by atoms with Gasteiger partial charge in [-0.2, -0.15) is 0 Å². The van der Waals surface area contributed by atoms with Gasteiger partial charge in [-0.25, -0.2) is 0 Å². The maximum Gasteiger partial charge on any atom is 0.0596 e. The molecule has 0 aromatic heterocycles. The average Bonchev–Trinajstić information content (AvgIpc) is 2.10. The van der Waals surface area contributed by atoms with E-state index in [1.807, 2.05) is 12.1 Å². The normalized spacial score (nSPS) is 12.4. The molecular formula is C10H15N3. The summed E-state index contributed by atoms with van der Waals surface area (Å²) in [5.41, 5.74) is 19.3. The first kappa shape index (κ1) is 9.61. The van der Waals surface area contributed by atoms with Gasteiger partial charge in [0.05, 0.1) is 11.4 Å². The van der Waals surface area contributed by atoms with Crippen molar-refractivity contribution in [3.63, 3.8) is 0 Å². The summed E-state index contributed by atoms with van der Waals surface area (Å²) in [7, 11) is 0. The molecule has 1 aromatic rings. The number of anilines is 2. The first-order valence-electron chi connectivity index (χ1n) is 4.17. The molecule has 0 heterocycles. The molecule has 0 saturated heterocycles. The van der Waals surface area contributed by atoms with Crippen molar-refractivity contribution < 1.29 is 0 Å². The van der Waals surface area contributed by atoms with E-state index in [0.717, 1.165) is 5.56 Å². The minimum atomic E-state index is -0.110. The van der Waals surface area contributed by atoms with Crippen LogP contribution in [0.1, 0.15) is 18.0 Å². The Morgan fingerprint density at radius 2 is 2.08 bits per heavy atom. The molecular weight excluding hydrogens is 162 g/mol. The summed E-state index contributed by atoms with van der Waals surface area (Å²) in [6.07, 6.45) is 2.47. The number of hydrogen-bond donors (Lipinski definition) is 3. The molecule has 0 fully saturated rings. The van der Waals surface area contributed by atoms with E-state index in [1.165, 1.54) is 0 Å². The predicted octanol–water partition coefficient (Wildman–Crippen LogP) is 1.43. The standard InChI is InChI=1S/C10H15N3/c1-2-4-8(11)7-5-3-6-9(12)10(7)13/h2-3,5-6,8H,1,4,11-13H2/t8-/m0/s1. The van der Waals surface area contributed by atoms with E-state index in [9.17, 15) is 0 Å². The van der Waals surface area contributed by atoms with Crippen molar-refractivity contribution in [2.45, 2.75) is 12.5 Å². The fraction of sp³-hybridized carbons (Fsp3) is 0.200. The SMILES string of the molecule is C=CC[C@H](N)c1cccc(N)c1N. The average molecular weight is 177 g/mol. The zero-order chi connectivity index (χ0) is 9.84. The summed E-state index contributed by atoms with van der Waals surface area (Å²) < 4.78 is 0. The van der Waals surface area contributed by atoms with Crippen LogP contribution in [0.4, 0.5) is 11.4 Å². The smallest absolute Gasteiger partial charge is 0.0596 e. The lowest BCUT2D eigenvalue weighted by Crippen LogP contribution is -2.12. The highest BCUT2D eigenvalue weighted by atomic mass is 14.7. The first-order chi connectivity index (χ1) is 6.16. The molecule has 13 heavy (non-hydrogen) atoms. The van der Waals surface area contributed by atoms with Crippen LogP contribution in [0, 0.1) is 0 Å². The number of benzene rings is 1. The maximum absolute atomic E-state index is 5.87. The fourth-order valence-corrected chi connectivity index (χ4v) is 1.23. The summed E-state index contributed by atoms with van der Waals surface area (Å²) in [5, 5.41) is 0. The van der Waals surface area contributed by atoms with Crippen LogP contribution in [-0.2, 0) is 0 Å². The number of nitrogen functional groups attached to an aromatic ring is 2. The third kappa shape index (κ3) is 2.00. The molecule has 0 unspecified atom stereocenters. The molecule has 0 aliphatic rings. The van der Waals surface area contributed by atoms with Gasteiger partial charge in [0.2, 0.25) is 0 Å². The largest absolute Gasteiger partial charge is 0.397 e. The van der Waals surface area contributed by atoms with E-state index in [0.29, 0.717) is 17.8 Å². The van der Waals surface area contributed by atoms with E-state index in [4.69, 9.17) is 17.2 Å². The van der Waals surface area contributed by atoms with Gasteiger partial charge in [0, 0.05) is 6.04 Å². The van der Waals surface area contributed by atoms with Crippen LogP contribution < -0.4 is 17.2 Å². The van der Waals surface area contributed by atoms with Crippen molar-refractivity contribution in [1.29, 1.82) is 0 Å². The summed E-state index contributed by atoms with van der Waals surface area (Å²) in [6, 6.07) is 5.39. The minimum absolute atomic E-state index is 0.110. The molecule has 0 aliphatic heterocycles. The van der Waals surface area contributed by atoms with Crippen LogP contribution in [0.15, 0.2) is 30.9 Å². The van der Waals surface area contributed by atoms with E-state index in [1.54, 1.807) is 12.1 Å². The van der Waals surface area contributed by atoms with E-state index >= 15 is 0 Å². The molecule has 1 atom stereocenters. The molecule has 70 valence electrons. The van der Waals surface area contributed by atoms with Gasteiger partial charge in [0.25, 0.3) is 0 Å². The summed E-state index contributed by atoms with van der Waals surface area (Å²) in [6.45, 7) is 3.63. The van der Waals surface area contributed by atoms with Gasteiger partial charge in [-0.05, 0) is 18.1 Å². The van der Waals surface area contributed by atoms with Crippen LogP contribution in [0.25, 0.3) is 0 Å². The minimum Gasteiger partial charge on any atom is -0.397 e. The highest BCUT2D eigenvalue weighted by molar-refractivity contribution is 5.67. The van der Waals surface area contributed by atoms with Gasteiger partial charge >= 0.3 is 0 Å². The Morgan fingerprint density at radius 1 is 1.38 bits per heavy atom. The predicted molar refractivity (Wildman–Crippen MR) is 57.0 cm³/mol. The number of nitrogens with two attached hydrogens (primary N) is 3. The van der Waals surface area contributed by atoms with Crippen molar-refractivity contribution in [2.24, 2.45) is 5.73 Å². The highest BCUT2D eigenvalue weighted by Crippen LogP contribution is 2.25. The van der Waals surface area contributed by atoms with E-state index in [2.05, 4.69) is 6.58 Å². The third-order valence-corrected chi connectivity index (χ3v) is 1.99. The van der Waals surface area contributed by atoms with Gasteiger partial charge in [0.15, 0.2) is 0 Å². The van der Waals surface area contributed by atoms with Crippen LogP contribution >= 0.6 is 0 Å². The molecule has 0 amide bonds. The molecule has 0 aliphatic carbocycles. The number of para-hydroxylation sites is 1. The number of rotatable bonds is 3. The van der Waals surface area contributed by atoms with Crippen molar-refractivity contribution in [3.05, 3.63) is 36.4 Å². The Morgan fingerprint density at radius 3 is 2.69 bits per heavy atom. The van der Waals surface area contributed by atoms with E-state index < -0.39 is 0 Å². The lowest BCUT2D eigenvalue weighted by Gasteiger charge is -2.13. The first-order valence-corrected chi connectivity index (χ1v) is 4.17. The lowest BCUT2D eigenvalue weighted by atomic mass is 10.0. The molecule has 0 bridgehead atoms. The second kappa shape index (κ2) is 3.96. The Bertz CT molecular complexity index is 307. The summed E-state index contributed by atoms with van der Waals surface area (Å²) in [4.78, 5) is 0. The van der Waals surface area contributed by atoms with Crippen LogP contribution in [0.3, 0.4) is 0 Å². The van der Waals surface area contributed by atoms with Crippen molar-refractivity contribution in [1.82, 2.24) is 0 Å². The molecule has 1 aromatic carbocycles. The topological polar surface area (TPSA) is 78.1 Å². The van der Waals surface area contributed by atoms with E-state index in [-0.39, 0.29) is 6.04 Å². The second-order valence-corrected chi connectivity index (χ2v) is 2.98. The highest BCUT2D eigenvalue weighted by Gasteiger charge is 2.08. The monoisotopic (exact) mass is 177 g/mol. The van der Waals surface area contributed by atoms with Crippen molar-refractivity contribution in [2.75, 3.05) is 11.5 Å². The Balaban J connectivity index is 3.00. The van der Waals surface area contributed by atoms with Crippen molar-refractivity contribution in [3.8, 4) is 0 Å². The van der Waals surface area contributed by atoms with Gasteiger partial charge < -0.3 is 17.2 Å². The van der Waals surface area contributed by atoms with Gasteiger partial charge in [-0.1, -0.05) is 18.2 Å². The zero-order valence-corrected chi connectivity index (χ0v) is 7.53. The molecule has 3 heteroatoms. The molecule has 1 rings (SSSR count). The number of hydrogen-bond acceptors (Lipinski definition) is 3. The van der Waals surface area contributed by atoms with Gasteiger partial charge in [0.1, 0.15) is 0 Å². The zero-order valence-electron chi connectivity index (χ0n) is 7.53. The quantitative estimate of drug-likeness (QED) is 0.482. The second-order valence-electron chi connectivity index (χ2n) is 2.98. The molecule has 0 radical (unpaired) electrons. The molecule has 6 N–H and O–H groups in total. The van der Waals surface area contributed by atoms with Gasteiger partial charge in [-0.15, -0.1) is 6.58 Å². The Hall–Kier alpha value is -1.48. The Kier molecular flexibility index (Phi) is 2.93. The third-order valence-electron chi connectivity index (χ3n) is 1.99. The summed E-state index contributed by atoms with van der Waals surface area (Å²) in [5.74, 6) is 0. The maximum atomic E-state index is 5.87. The van der Waals surface area contributed by atoms with Crippen molar-refractivity contribution >= 4 is 11.4 Å². The molecule has 3 nitrogen and oxygen atoms in total. The van der Waals surface area contributed by atoms with Crippen LogP contribution in [0.5, 0.6) is 0 Å². The summed E-state index contributed by atoms with van der Waals surface area (Å²) >= 11 is 0. The fourth-order valence-electron chi connectivity index (χ4n) is 1.23. The van der Waals surface area contributed by atoms with Crippen LogP contribution in [0.2, 0.25) is 0 Å². The Labute approximate surface area is 78.2 Å². The molecule has 0 saturated carbocycles. The molecule has 0 spiro atoms. The van der Waals surface area contributed by atoms with Crippen LogP contribution in [-0.4, -0.2) is 0 Å².